The summed E-state index contributed by atoms with van der Waals surface area (Å²) in [5, 5.41) is 3.29. The Morgan fingerprint density at radius 3 is 2.27 bits per heavy atom. The van der Waals surface area contributed by atoms with Gasteiger partial charge >= 0.3 is 0 Å². The second-order valence-electron chi connectivity index (χ2n) is 3.75. The van der Waals surface area contributed by atoms with Gasteiger partial charge in [-0.2, -0.15) is 0 Å². The smallest absolute Gasteiger partial charge is 0.146 e. The number of Topliss-reactive ketones (excluding diaryl/α,β-unsaturated/α-hetero) is 1. The lowest BCUT2D eigenvalue weighted by Crippen LogP contribution is -2.41. The maximum absolute atomic E-state index is 11.1. The van der Waals surface area contributed by atoms with Crippen molar-refractivity contribution in [3.8, 4) is 0 Å². The van der Waals surface area contributed by atoms with Gasteiger partial charge in [0.05, 0.1) is 6.04 Å². The van der Waals surface area contributed by atoms with Crippen molar-refractivity contribution in [1.29, 1.82) is 0 Å². The molecular formula is C9H17NO. The van der Waals surface area contributed by atoms with Crippen LogP contribution in [-0.4, -0.2) is 17.9 Å². The molecule has 0 unspecified atom stereocenters. The number of carbonyl (C=O) groups is 1. The van der Waals surface area contributed by atoms with Crippen LogP contribution in [0.2, 0.25) is 0 Å². The highest BCUT2D eigenvalue weighted by Crippen LogP contribution is 2.33. The molecule has 1 saturated carbocycles. The quantitative estimate of drug-likeness (QED) is 0.664. The zero-order valence-corrected chi connectivity index (χ0v) is 7.55. The van der Waals surface area contributed by atoms with Gasteiger partial charge in [-0.1, -0.05) is 13.8 Å². The van der Waals surface area contributed by atoms with Crippen molar-refractivity contribution in [1.82, 2.24) is 5.32 Å². The lowest BCUT2D eigenvalue weighted by molar-refractivity contribution is -0.119. The number of ketones is 1. The van der Waals surface area contributed by atoms with Crippen molar-refractivity contribution < 1.29 is 4.79 Å². The molecule has 0 bridgehead atoms. The summed E-state index contributed by atoms with van der Waals surface area (Å²) < 4.78 is 0. The van der Waals surface area contributed by atoms with Crippen molar-refractivity contribution in [2.45, 2.75) is 45.7 Å². The van der Waals surface area contributed by atoms with E-state index in [1.807, 2.05) is 0 Å². The van der Waals surface area contributed by atoms with Crippen molar-refractivity contribution in [3.05, 3.63) is 0 Å². The van der Waals surface area contributed by atoms with Gasteiger partial charge in [-0.15, -0.1) is 0 Å². The third-order valence-corrected chi connectivity index (χ3v) is 2.04. The Kier molecular flexibility index (Phi) is 2.66. The zero-order chi connectivity index (χ0) is 8.43. The minimum Gasteiger partial charge on any atom is -0.305 e. The van der Waals surface area contributed by atoms with Gasteiger partial charge in [-0.25, -0.2) is 0 Å². The summed E-state index contributed by atoms with van der Waals surface area (Å²) in [6.45, 7) is 5.84. The fourth-order valence-electron chi connectivity index (χ4n) is 1.37. The van der Waals surface area contributed by atoms with Crippen LogP contribution in [0.1, 0.15) is 33.6 Å². The summed E-state index contributed by atoms with van der Waals surface area (Å²) in [6, 6.07) is 0.555. The molecule has 0 aromatic heterocycles. The van der Waals surface area contributed by atoms with Crippen LogP contribution in [-0.2, 0) is 4.79 Å². The number of hydrogen-bond acceptors (Lipinski definition) is 2. The van der Waals surface area contributed by atoms with Crippen LogP contribution in [0.4, 0.5) is 0 Å². The van der Waals surface area contributed by atoms with E-state index in [-0.39, 0.29) is 6.04 Å². The molecule has 2 nitrogen and oxygen atoms in total. The van der Waals surface area contributed by atoms with Crippen LogP contribution in [0, 0.1) is 5.92 Å². The van der Waals surface area contributed by atoms with Gasteiger partial charge < -0.3 is 5.32 Å². The normalized spacial score (nSPS) is 20.4. The van der Waals surface area contributed by atoms with Crippen molar-refractivity contribution in [3.63, 3.8) is 0 Å². The van der Waals surface area contributed by atoms with Gasteiger partial charge in [-0.05, 0) is 25.7 Å². The summed E-state index contributed by atoms with van der Waals surface area (Å²) in [7, 11) is 0. The van der Waals surface area contributed by atoms with Gasteiger partial charge in [0.25, 0.3) is 0 Å². The summed E-state index contributed by atoms with van der Waals surface area (Å²) >= 11 is 0. The molecule has 0 aromatic rings. The molecule has 0 amide bonds. The van der Waals surface area contributed by atoms with Crippen LogP contribution in [0.5, 0.6) is 0 Å². The molecule has 1 fully saturated rings. The fourth-order valence-corrected chi connectivity index (χ4v) is 1.37. The minimum atomic E-state index is 0.134. The van der Waals surface area contributed by atoms with E-state index < -0.39 is 0 Å². The first-order valence-corrected chi connectivity index (χ1v) is 4.37. The second-order valence-corrected chi connectivity index (χ2v) is 3.75. The Morgan fingerprint density at radius 1 is 1.45 bits per heavy atom. The van der Waals surface area contributed by atoms with E-state index in [2.05, 4.69) is 19.2 Å². The summed E-state index contributed by atoms with van der Waals surface area (Å²) in [4.78, 5) is 11.1. The van der Waals surface area contributed by atoms with E-state index in [1.165, 1.54) is 12.8 Å². The summed E-state index contributed by atoms with van der Waals surface area (Å²) in [5.41, 5.74) is 0. The Bertz CT molecular complexity index is 150. The molecule has 0 spiro atoms. The molecule has 0 heterocycles. The molecule has 64 valence electrons. The Balaban J connectivity index is 2.38. The number of carbonyl (C=O) groups excluding carboxylic acids is 1. The highest BCUT2D eigenvalue weighted by molar-refractivity contribution is 5.82. The Morgan fingerprint density at radius 2 is 2.00 bits per heavy atom. The van der Waals surface area contributed by atoms with E-state index in [0.717, 1.165) is 0 Å². The molecule has 1 atom stereocenters. The monoisotopic (exact) mass is 155 g/mol. The van der Waals surface area contributed by atoms with Crippen LogP contribution in [0.25, 0.3) is 0 Å². The molecule has 0 aromatic carbocycles. The highest BCUT2D eigenvalue weighted by Gasteiger charge is 2.33. The van der Waals surface area contributed by atoms with Gasteiger partial charge in [-0.3, -0.25) is 4.79 Å². The molecule has 1 aliphatic rings. The van der Waals surface area contributed by atoms with E-state index in [4.69, 9.17) is 0 Å². The molecule has 0 aliphatic heterocycles. The molecule has 1 N–H and O–H groups in total. The van der Waals surface area contributed by atoms with Gasteiger partial charge in [0.1, 0.15) is 5.78 Å². The minimum absolute atomic E-state index is 0.134. The SMILES string of the molecule is CC(=O)[C@@H](NC(C)C)C1CC1. The predicted molar refractivity (Wildman–Crippen MR) is 45.5 cm³/mol. The van der Waals surface area contributed by atoms with E-state index in [1.54, 1.807) is 6.92 Å². The molecule has 2 heteroatoms. The Hall–Kier alpha value is -0.370. The van der Waals surface area contributed by atoms with Crippen molar-refractivity contribution in [2.24, 2.45) is 5.92 Å². The van der Waals surface area contributed by atoms with Crippen LogP contribution < -0.4 is 5.32 Å². The number of rotatable bonds is 4. The summed E-state index contributed by atoms with van der Waals surface area (Å²) in [5.74, 6) is 0.927. The van der Waals surface area contributed by atoms with Gasteiger partial charge in [0.15, 0.2) is 0 Å². The van der Waals surface area contributed by atoms with Crippen molar-refractivity contribution >= 4 is 5.78 Å². The van der Waals surface area contributed by atoms with Gasteiger partial charge in [0, 0.05) is 6.04 Å². The molecule has 1 aliphatic carbocycles. The van der Waals surface area contributed by atoms with E-state index in [0.29, 0.717) is 17.7 Å². The number of hydrogen-bond donors (Lipinski definition) is 1. The predicted octanol–water partition coefficient (Wildman–Crippen LogP) is 1.35. The first-order chi connectivity index (χ1) is 5.11. The number of nitrogens with one attached hydrogen (secondary N) is 1. The third kappa shape index (κ3) is 2.62. The van der Waals surface area contributed by atoms with E-state index in [9.17, 15) is 4.79 Å². The lowest BCUT2D eigenvalue weighted by Gasteiger charge is -2.17. The third-order valence-electron chi connectivity index (χ3n) is 2.04. The molecule has 0 radical (unpaired) electrons. The fraction of sp³-hybridized carbons (Fsp3) is 0.889. The van der Waals surface area contributed by atoms with Gasteiger partial charge in [0.2, 0.25) is 0 Å². The van der Waals surface area contributed by atoms with E-state index >= 15 is 0 Å². The Labute approximate surface area is 68.4 Å². The maximum Gasteiger partial charge on any atom is 0.146 e. The molecule has 11 heavy (non-hydrogen) atoms. The average molecular weight is 155 g/mol. The molecule has 1 rings (SSSR count). The average Bonchev–Trinajstić information content (AvgIpc) is 2.63. The maximum atomic E-state index is 11.1. The van der Waals surface area contributed by atoms with Crippen LogP contribution in [0.3, 0.4) is 0 Å². The second kappa shape index (κ2) is 3.35. The van der Waals surface area contributed by atoms with Crippen LogP contribution in [0.15, 0.2) is 0 Å². The first-order valence-electron chi connectivity index (χ1n) is 4.37. The lowest BCUT2D eigenvalue weighted by atomic mass is 10.1. The standard InChI is InChI=1S/C9H17NO/c1-6(2)10-9(7(3)11)8-4-5-8/h6,8-10H,4-5H2,1-3H3/t9-/m1/s1. The molecule has 0 saturated heterocycles. The first kappa shape index (κ1) is 8.72. The summed E-state index contributed by atoms with van der Waals surface area (Å²) in [6.07, 6.45) is 2.45. The molecular weight excluding hydrogens is 138 g/mol. The largest absolute Gasteiger partial charge is 0.305 e. The van der Waals surface area contributed by atoms with Crippen LogP contribution >= 0.6 is 0 Å². The zero-order valence-electron chi connectivity index (χ0n) is 7.55. The highest BCUT2D eigenvalue weighted by atomic mass is 16.1. The van der Waals surface area contributed by atoms with Crippen molar-refractivity contribution in [2.75, 3.05) is 0 Å². The topological polar surface area (TPSA) is 29.1 Å².